The zero-order valence-electron chi connectivity index (χ0n) is 23.9. The largest absolute Gasteiger partial charge is 0.367 e. The first kappa shape index (κ1) is 30.6. The molecule has 0 aliphatic rings. The standard InChI is InChI=1S/C37H30Cl2N2OS2/c38-30-12-19-35(36(39)23-30)37(24-41-21-20-40-26-41)42-25-29-10-17-34(18-11-29)44-33-15-8-28(9-16-33)22-27-6-13-32(14-7-27)43-31-4-2-1-3-5-31/h1-21,23,26,37H,22,24-25H2. The fraction of sp³-hybridized carbons (Fsp3) is 0.108. The van der Waals surface area contributed by atoms with Crippen LogP contribution in [0.4, 0.5) is 0 Å². The summed E-state index contributed by atoms with van der Waals surface area (Å²) in [6.07, 6.45) is 6.13. The molecule has 0 spiro atoms. The van der Waals surface area contributed by atoms with E-state index in [4.69, 9.17) is 27.9 Å². The Morgan fingerprint density at radius 1 is 0.659 bits per heavy atom. The van der Waals surface area contributed by atoms with E-state index in [9.17, 15) is 0 Å². The van der Waals surface area contributed by atoms with Crippen LogP contribution in [0.1, 0.15) is 28.4 Å². The third kappa shape index (κ3) is 8.59. The van der Waals surface area contributed by atoms with E-state index in [0.29, 0.717) is 23.2 Å². The molecule has 1 unspecified atom stereocenters. The second kappa shape index (κ2) is 15.0. The lowest BCUT2D eigenvalue weighted by molar-refractivity contribution is 0.0280. The van der Waals surface area contributed by atoms with Gasteiger partial charge in [0.2, 0.25) is 0 Å². The summed E-state index contributed by atoms with van der Waals surface area (Å²) in [5.41, 5.74) is 4.61. The molecule has 7 heteroatoms. The van der Waals surface area contributed by atoms with Crippen LogP contribution in [0.5, 0.6) is 0 Å². The summed E-state index contributed by atoms with van der Waals surface area (Å²) in [7, 11) is 0. The van der Waals surface area contributed by atoms with Crippen LogP contribution in [0.25, 0.3) is 0 Å². The topological polar surface area (TPSA) is 27.1 Å². The Morgan fingerprint density at radius 3 is 1.77 bits per heavy atom. The molecule has 0 aliphatic carbocycles. The SMILES string of the molecule is Clc1ccc(C(Cn2ccnc2)OCc2ccc(Sc3ccc(Cc4ccc(Sc5ccccc5)cc4)cc3)cc2)c(Cl)c1. The first-order valence-corrected chi connectivity index (χ1v) is 16.7. The van der Waals surface area contributed by atoms with Crippen LogP contribution in [0, 0.1) is 0 Å². The predicted molar refractivity (Wildman–Crippen MR) is 183 cm³/mol. The molecule has 0 radical (unpaired) electrons. The highest BCUT2D eigenvalue weighted by Crippen LogP contribution is 2.32. The average molecular weight is 654 g/mol. The maximum atomic E-state index is 6.53. The lowest BCUT2D eigenvalue weighted by Gasteiger charge is -2.20. The van der Waals surface area contributed by atoms with Crippen molar-refractivity contribution in [2.45, 2.75) is 45.3 Å². The van der Waals surface area contributed by atoms with E-state index in [1.165, 1.54) is 30.7 Å². The number of nitrogens with zero attached hydrogens (tertiary/aromatic N) is 2. The number of benzene rings is 5. The third-order valence-electron chi connectivity index (χ3n) is 7.09. The monoisotopic (exact) mass is 652 g/mol. The van der Waals surface area contributed by atoms with E-state index in [1.54, 1.807) is 42.1 Å². The van der Waals surface area contributed by atoms with Gasteiger partial charge in [-0.15, -0.1) is 0 Å². The minimum absolute atomic E-state index is 0.243. The Kier molecular flexibility index (Phi) is 10.4. The number of hydrogen-bond donors (Lipinski definition) is 0. The summed E-state index contributed by atoms with van der Waals surface area (Å²) >= 11 is 16.2. The molecule has 44 heavy (non-hydrogen) atoms. The van der Waals surface area contributed by atoms with Crippen LogP contribution in [0.15, 0.2) is 160 Å². The molecule has 1 aromatic heterocycles. The van der Waals surface area contributed by atoms with Crippen molar-refractivity contribution >= 4 is 46.7 Å². The van der Waals surface area contributed by atoms with E-state index in [1.807, 2.05) is 29.0 Å². The van der Waals surface area contributed by atoms with Gasteiger partial charge in [-0.1, -0.05) is 107 Å². The molecule has 3 nitrogen and oxygen atoms in total. The summed E-state index contributed by atoms with van der Waals surface area (Å²) in [5, 5.41) is 1.20. The van der Waals surface area contributed by atoms with Gasteiger partial charge in [-0.05, 0) is 83.8 Å². The molecule has 6 aromatic rings. The van der Waals surface area contributed by atoms with Crippen molar-refractivity contribution in [3.63, 3.8) is 0 Å². The molecule has 220 valence electrons. The Labute approximate surface area is 277 Å². The van der Waals surface area contributed by atoms with Crippen molar-refractivity contribution in [2.24, 2.45) is 0 Å². The third-order valence-corrected chi connectivity index (χ3v) is 9.68. The minimum Gasteiger partial charge on any atom is -0.367 e. The Balaban J connectivity index is 1.02. The number of rotatable bonds is 12. The van der Waals surface area contributed by atoms with Crippen LogP contribution in [-0.4, -0.2) is 9.55 Å². The van der Waals surface area contributed by atoms with Gasteiger partial charge in [-0.3, -0.25) is 0 Å². The highest BCUT2D eigenvalue weighted by Gasteiger charge is 2.17. The molecule has 1 heterocycles. The average Bonchev–Trinajstić information content (AvgIpc) is 3.56. The van der Waals surface area contributed by atoms with Gasteiger partial charge in [0, 0.05) is 47.6 Å². The van der Waals surface area contributed by atoms with Gasteiger partial charge in [0.25, 0.3) is 0 Å². The van der Waals surface area contributed by atoms with E-state index in [-0.39, 0.29) is 6.10 Å². The Hall–Kier alpha value is -3.45. The van der Waals surface area contributed by atoms with Crippen molar-refractivity contribution in [3.05, 3.63) is 172 Å². The van der Waals surface area contributed by atoms with Crippen molar-refractivity contribution in [3.8, 4) is 0 Å². The van der Waals surface area contributed by atoms with Crippen molar-refractivity contribution in [1.29, 1.82) is 0 Å². The summed E-state index contributed by atoms with van der Waals surface area (Å²) in [6.45, 7) is 1.06. The summed E-state index contributed by atoms with van der Waals surface area (Å²) < 4.78 is 8.37. The predicted octanol–water partition coefficient (Wildman–Crippen LogP) is 11.0. The number of aromatic nitrogens is 2. The zero-order chi connectivity index (χ0) is 30.1. The smallest absolute Gasteiger partial charge is 0.102 e. The van der Waals surface area contributed by atoms with Crippen molar-refractivity contribution in [1.82, 2.24) is 9.55 Å². The van der Waals surface area contributed by atoms with E-state index in [0.717, 1.165) is 17.5 Å². The van der Waals surface area contributed by atoms with Crippen LogP contribution in [-0.2, 0) is 24.3 Å². The summed E-state index contributed by atoms with van der Waals surface area (Å²) in [5.74, 6) is 0. The molecule has 0 saturated carbocycles. The molecular weight excluding hydrogens is 623 g/mol. The molecule has 0 aliphatic heterocycles. The highest BCUT2D eigenvalue weighted by atomic mass is 35.5. The molecule has 5 aromatic carbocycles. The molecule has 1 atom stereocenters. The second-order valence-electron chi connectivity index (χ2n) is 10.4. The lowest BCUT2D eigenvalue weighted by atomic mass is 10.1. The van der Waals surface area contributed by atoms with Gasteiger partial charge < -0.3 is 9.30 Å². The van der Waals surface area contributed by atoms with Crippen LogP contribution in [0.3, 0.4) is 0 Å². The van der Waals surface area contributed by atoms with Crippen LogP contribution in [0.2, 0.25) is 10.0 Å². The van der Waals surface area contributed by atoms with Crippen molar-refractivity contribution < 1.29 is 4.74 Å². The number of ether oxygens (including phenoxy) is 1. The molecular formula is C37H30Cl2N2OS2. The number of imidazole rings is 1. The molecule has 0 N–H and O–H groups in total. The molecule has 0 bridgehead atoms. The maximum absolute atomic E-state index is 6.53. The van der Waals surface area contributed by atoms with Crippen LogP contribution >= 0.6 is 46.7 Å². The van der Waals surface area contributed by atoms with Gasteiger partial charge in [0.15, 0.2) is 0 Å². The van der Waals surface area contributed by atoms with Crippen molar-refractivity contribution in [2.75, 3.05) is 0 Å². The number of halogens is 2. The molecule has 0 amide bonds. The quantitative estimate of drug-likeness (QED) is 0.131. The minimum atomic E-state index is -0.243. The van der Waals surface area contributed by atoms with Gasteiger partial charge in [0.05, 0.1) is 19.5 Å². The summed E-state index contributed by atoms with van der Waals surface area (Å²) in [6, 6.07) is 42.2. The lowest BCUT2D eigenvalue weighted by Crippen LogP contribution is -2.12. The molecule has 0 saturated heterocycles. The molecule has 0 fully saturated rings. The maximum Gasteiger partial charge on any atom is 0.102 e. The Morgan fingerprint density at radius 2 is 1.23 bits per heavy atom. The fourth-order valence-electron chi connectivity index (χ4n) is 4.79. The second-order valence-corrected chi connectivity index (χ2v) is 13.5. The van der Waals surface area contributed by atoms with Gasteiger partial charge in [-0.2, -0.15) is 0 Å². The summed E-state index contributed by atoms with van der Waals surface area (Å²) in [4.78, 5) is 9.06. The van der Waals surface area contributed by atoms with Gasteiger partial charge >= 0.3 is 0 Å². The van der Waals surface area contributed by atoms with E-state index in [2.05, 4.69) is 102 Å². The van der Waals surface area contributed by atoms with E-state index < -0.39 is 0 Å². The fourth-order valence-corrected chi connectivity index (χ4v) is 6.97. The first-order valence-electron chi connectivity index (χ1n) is 14.3. The normalized spacial score (nSPS) is 11.9. The zero-order valence-corrected chi connectivity index (χ0v) is 27.0. The number of hydrogen-bond acceptors (Lipinski definition) is 4. The van der Waals surface area contributed by atoms with Gasteiger partial charge in [-0.25, -0.2) is 4.98 Å². The van der Waals surface area contributed by atoms with Crippen LogP contribution < -0.4 is 0 Å². The van der Waals surface area contributed by atoms with E-state index >= 15 is 0 Å². The highest BCUT2D eigenvalue weighted by molar-refractivity contribution is 7.99. The Bertz CT molecular complexity index is 1760. The first-order chi connectivity index (χ1) is 21.6. The van der Waals surface area contributed by atoms with Gasteiger partial charge in [0.1, 0.15) is 6.10 Å². The molecule has 6 rings (SSSR count).